The van der Waals surface area contributed by atoms with Gasteiger partial charge in [-0.2, -0.15) is 0 Å². The Hall–Kier alpha value is -0.590. The first-order chi connectivity index (χ1) is 25.6. The number of carbonyl (C=O) groups excluding carboxylic acids is 2. The summed E-state index contributed by atoms with van der Waals surface area (Å²) in [6.45, 7) is 10.2. The lowest BCUT2D eigenvalue weighted by molar-refractivity contribution is -0.143. The molecule has 0 radical (unpaired) electrons. The van der Waals surface area contributed by atoms with Crippen LogP contribution in [0.1, 0.15) is 245 Å². The monoisotopic (exact) mass is 754 g/mol. The molecular weight excluding hydrogens is 663 g/mol. The standard InChI is InChI=1S/C46H91NO4S/c1-4-7-10-13-16-19-22-25-30-37-45(49)51-43-34-27-33-40-47(41-42-48)39-32-26-31-38-46(50)52-44(35-28-23-20-17-14-11-8-5-2)36-29-24-21-18-15-12-9-6-3/h44,48H,4-43H2,1-3H3. The molecule has 0 aromatic heterocycles. The highest BCUT2D eigenvalue weighted by Gasteiger charge is 2.15. The van der Waals surface area contributed by atoms with Gasteiger partial charge in [0.2, 0.25) is 0 Å². The van der Waals surface area contributed by atoms with Crippen LogP contribution < -0.4 is 0 Å². The summed E-state index contributed by atoms with van der Waals surface area (Å²) in [6, 6.07) is 0. The van der Waals surface area contributed by atoms with Crippen LogP contribution in [0.3, 0.4) is 0 Å². The van der Waals surface area contributed by atoms with E-state index in [-0.39, 0.29) is 12.6 Å². The van der Waals surface area contributed by atoms with Crippen LogP contribution in [-0.4, -0.2) is 59.2 Å². The molecule has 5 nitrogen and oxygen atoms in total. The highest BCUT2D eigenvalue weighted by molar-refractivity contribution is 8.14. The molecule has 52 heavy (non-hydrogen) atoms. The fraction of sp³-hybridized carbons (Fsp3) is 0.957. The minimum atomic E-state index is -0.0377. The van der Waals surface area contributed by atoms with Crippen molar-refractivity contribution >= 4 is 22.8 Å². The molecule has 0 saturated carbocycles. The van der Waals surface area contributed by atoms with E-state index in [9.17, 15) is 14.7 Å². The summed E-state index contributed by atoms with van der Waals surface area (Å²) in [5, 5.41) is 10.5. The summed E-state index contributed by atoms with van der Waals surface area (Å²) in [4.78, 5) is 27.4. The molecule has 0 aliphatic rings. The van der Waals surface area contributed by atoms with Crippen molar-refractivity contribution in [3.8, 4) is 0 Å². The molecule has 0 unspecified atom stereocenters. The molecular formula is C46H91NO4S. The maximum Gasteiger partial charge on any atom is 0.305 e. The number of rotatable bonds is 43. The molecule has 0 heterocycles. The Kier molecular flexibility index (Phi) is 42.7. The van der Waals surface area contributed by atoms with Crippen LogP contribution >= 0.6 is 11.8 Å². The minimum absolute atomic E-state index is 0.0377. The Labute approximate surface area is 329 Å². The molecule has 1 N–H and O–H groups in total. The van der Waals surface area contributed by atoms with E-state index in [1.54, 1.807) is 11.8 Å². The van der Waals surface area contributed by atoms with Crippen LogP contribution in [0, 0.1) is 0 Å². The predicted molar refractivity (Wildman–Crippen MR) is 229 cm³/mol. The number of esters is 1. The number of ether oxygens (including phenoxy) is 1. The SMILES string of the molecule is CCCCCCCCCCCC(=O)OCCCCCN(CCO)CCCCCC(=O)SC(CCCCCCCCCC)CCCCCCCCCC. The lowest BCUT2D eigenvalue weighted by Crippen LogP contribution is -2.29. The van der Waals surface area contributed by atoms with Gasteiger partial charge in [-0.25, -0.2) is 0 Å². The smallest absolute Gasteiger partial charge is 0.305 e. The molecule has 0 fully saturated rings. The fourth-order valence-corrected chi connectivity index (χ4v) is 8.43. The fourth-order valence-electron chi connectivity index (χ4n) is 7.23. The summed E-state index contributed by atoms with van der Waals surface area (Å²) in [5.74, 6) is -0.0377. The number of aliphatic hydroxyl groups is 1. The van der Waals surface area contributed by atoms with Crippen molar-refractivity contribution < 1.29 is 19.4 Å². The van der Waals surface area contributed by atoms with E-state index in [1.165, 1.54) is 161 Å². The first-order valence-electron chi connectivity index (χ1n) is 23.3. The van der Waals surface area contributed by atoms with Gasteiger partial charge in [-0.3, -0.25) is 9.59 Å². The van der Waals surface area contributed by atoms with Gasteiger partial charge in [0.05, 0.1) is 13.2 Å². The maximum absolute atomic E-state index is 13.0. The number of hydrogen-bond donors (Lipinski definition) is 1. The van der Waals surface area contributed by atoms with E-state index < -0.39 is 0 Å². The van der Waals surface area contributed by atoms with E-state index in [1.807, 2.05) is 0 Å². The Morgan fingerprint density at radius 2 is 0.865 bits per heavy atom. The minimum Gasteiger partial charge on any atom is -0.466 e. The van der Waals surface area contributed by atoms with Crippen molar-refractivity contribution in [2.45, 2.75) is 251 Å². The number of thioether (sulfide) groups is 1. The topological polar surface area (TPSA) is 66.8 Å². The van der Waals surface area contributed by atoms with Gasteiger partial charge in [-0.05, 0) is 64.5 Å². The summed E-state index contributed by atoms with van der Waals surface area (Å²) in [7, 11) is 0. The van der Waals surface area contributed by atoms with Gasteiger partial charge in [0.1, 0.15) is 0 Å². The first-order valence-corrected chi connectivity index (χ1v) is 24.1. The second kappa shape index (κ2) is 43.1. The third kappa shape index (κ3) is 39.1. The lowest BCUT2D eigenvalue weighted by Gasteiger charge is -2.21. The van der Waals surface area contributed by atoms with E-state index >= 15 is 0 Å². The van der Waals surface area contributed by atoms with Crippen molar-refractivity contribution in [3.05, 3.63) is 0 Å². The summed E-state index contributed by atoms with van der Waals surface area (Å²) >= 11 is 1.68. The third-order valence-corrected chi connectivity index (χ3v) is 12.0. The molecule has 0 spiro atoms. The van der Waals surface area contributed by atoms with Gasteiger partial charge >= 0.3 is 5.97 Å². The molecule has 0 saturated heterocycles. The molecule has 0 aliphatic heterocycles. The Bertz CT molecular complexity index is 715. The normalized spacial score (nSPS) is 11.7. The van der Waals surface area contributed by atoms with E-state index in [4.69, 9.17) is 4.74 Å². The van der Waals surface area contributed by atoms with Gasteiger partial charge < -0.3 is 14.7 Å². The van der Waals surface area contributed by atoms with Crippen LogP contribution in [0.15, 0.2) is 0 Å². The van der Waals surface area contributed by atoms with Crippen LogP contribution in [0.25, 0.3) is 0 Å². The van der Waals surface area contributed by atoms with Crippen LogP contribution in [-0.2, 0) is 14.3 Å². The van der Waals surface area contributed by atoms with Crippen molar-refractivity contribution in [1.82, 2.24) is 4.90 Å². The molecule has 0 amide bonds. The predicted octanol–water partition coefficient (Wildman–Crippen LogP) is 14.2. The highest BCUT2D eigenvalue weighted by atomic mass is 32.2. The number of hydrogen-bond acceptors (Lipinski definition) is 6. The molecule has 6 heteroatoms. The summed E-state index contributed by atoms with van der Waals surface area (Å²) in [5.41, 5.74) is 0. The average molecular weight is 754 g/mol. The molecule has 0 atom stereocenters. The number of aliphatic hydroxyl groups excluding tert-OH is 1. The van der Waals surface area contributed by atoms with Crippen LogP contribution in [0.2, 0.25) is 0 Å². The summed E-state index contributed by atoms with van der Waals surface area (Å²) < 4.78 is 5.47. The number of nitrogens with zero attached hydrogens (tertiary/aromatic N) is 1. The second-order valence-electron chi connectivity index (χ2n) is 15.9. The Morgan fingerprint density at radius 1 is 0.481 bits per heavy atom. The van der Waals surface area contributed by atoms with Gasteiger partial charge in [0.25, 0.3) is 0 Å². The molecule has 0 aromatic rings. The zero-order valence-electron chi connectivity index (χ0n) is 35.4. The van der Waals surface area contributed by atoms with Crippen molar-refractivity contribution in [1.29, 1.82) is 0 Å². The van der Waals surface area contributed by atoms with Crippen molar-refractivity contribution in [2.75, 3.05) is 32.8 Å². The average Bonchev–Trinajstić information content (AvgIpc) is 3.14. The lowest BCUT2D eigenvalue weighted by atomic mass is 10.0. The van der Waals surface area contributed by atoms with Gasteiger partial charge in [-0.15, -0.1) is 0 Å². The zero-order valence-corrected chi connectivity index (χ0v) is 36.2. The van der Waals surface area contributed by atoms with Gasteiger partial charge in [0, 0.05) is 24.6 Å². The molecule has 0 aliphatic carbocycles. The third-order valence-electron chi connectivity index (χ3n) is 10.7. The van der Waals surface area contributed by atoms with Crippen LogP contribution in [0.4, 0.5) is 0 Å². The Balaban J connectivity index is 4.12. The first kappa shape index (κ1) is 51.4. The van der Waals surface area contributed by atoms with E-state index in [0.29, 0.717) is 36.4 Å². The van der Waals surface area contributed by atoms with Gasteiger partial charge in [-0.1, -0.05) is 193 Å². The van der Waals surface area contributed by atoms with Crippen LogP contribution in [0.5, 0.6) is 0 Å². The second-order valence-corrected chi connectivity index (χ2v) is 17.2. The number of unbranched alkanes of at least 4 members (excludes halogenated alkanes) is 26. The largest absolute Gasteiger partial charge is 0.466 e. The maximum atomic E-state index is 13.0. The quantitative estimate of drug-likeness (QED) is 0.0494. The molecule has 310 valence electrons. The highest BCUT2D eigenvalue weighted by Crippen LogP contribution is 2.27. The summed E-state index contributed by atoms with van der Waals surface area (Å²) in [6.07, 6.45) is 42.8. The van der Waals surface area contributed by atoms with Crippen molar-refractivity contribution in [3.63, 3.8) is 0 Å². The molecule has 0 rings (SSSR count). The number of carbonyl (C=O) groups is 2. The van der Waals surface area contributed by atoms with Crippen molar-refractivity contribution in [2.24, 2.45) is 0 Å². The van der Waals surface area contributed by atoms with E-state index in [0.717, 1.165) is 64.5 Å². The van der Waals surface area contributed by atoms with Gasteiger partial charge in [0.15, 0.2) is 5.12 Å². The molecule has 0 aromatic carbocycles. The Morgan fingerprint density at radius 3 is 1.33 bits per heavy atom. The molecule has 0 bridgehead atoms. The zero-order chi connectivity index (χ0) is 38.0. The van der Waals surface area contributed by atoms with E-state index in [2.05, 4.69) is 25.7 Å².